The lowest BCUT2D eigenvalue weighted by Crippen LogP contribution is -2.48. The van der Waals surface area contributed by atoms with E-state index >= 15 is 0 Å². The molecule has 1 N–H and O–H groups in total. The Morgan fingerprint density at radius 2 is 2.00 bits per heavy atom. The molecule has 1 heterocycles. The molecule has 1 rings (SSSR count). The van der Waals surface area contributed by atoms with Crippen LogP contribution in [0.15, 0.2) is 0 Å². The highest BCUT2D eigenvalue weighted by molar-refractivity contribution is 5.81. The molecule has 1 unspecified atom stereocenters. The number of rotatable bonds is 4. The number of likely N-dealkylation sites (N-methyl/N-ethyl adjacent to an activating group) is 1. The first kappa shape index (κ1) is 12.5. The van der Waals surface area contributed by atoms with Gasteiger partial charge in [-0.15, -0.1) is 0 Å². The summed E-state index contributed by atoms with van der Waals surface area (Å²) in [6, 6.07) is -0.116. The van der Waals surface area contributed by atoms with Crippen LogP contribution in [0.4, 0.5) is 0 Å². The molecule has 0 aromatic rings. The third-order valence-electron chi connectivity index (χ3n) is 3.14. The van der Waals surface area contributed by atoms with Crippen molar-refractivity contribution in [2.45, 2.75) is 32.2 Å². The van der Waals surface area contributed by atoms with E-state index in [1.54, 1.807) is 0 Å². The maximum Gasteiger partial charge on any atom is 0.239 e. The summed E-state index contributed by atoms with van der Waals surface area (Å²) in [6.45, 7) is 4.37. The quantitative estimate of drug-likeness (QED) is 0.732. The molecule has 1 aliphatic heterocycles. The van der Waals surface area contributed by atoms with Crippen molar-refractivity contribution < 1.29 is 9.90 Å². The Hall–Kier alpha value is -0.610. The topological polar surface area (TPSA) is 43.8 Å². The molecule has 15 heavy (non-hydrogen) atoms. The van der Waals surface area contributed by atoms with Crippen molar-refractivity contribution in [2.24, 2.45) is 0 Å². The molecule has 1 atom stereocenters. The lowest BCUT2D eigenvalue weighted by atomic mass is 10.1. The Bertz CT molecular complexity index is 203. The number of hydrogen-bond donors (Lipinski definition) is 1. The van der Waals surface area contributed by atoms with Crippen LogP contribution in [0.3, 0.4) is 0 Å². The Labute approximate surface area is 91.9 Å². The summed E-state index contributed by atoms with van der Waals surface area (Å²) in [7, 11) is 1.88. The van der Waals surface area contributed by atoms with Crippen LogP contribution in [-0.2, 0) is 4.79 Å². The molecule has 0 saturated carbocycles. The average Bonchev–Trinajstić information content (AvgIpc) is 2.28. The van der Waals surface area contributed by atoms with Gasteiger partial charge in [0.1, 0.15) is 0 Å². The largest absolute Gasteiger partial charge is 0.395 e. The van der Waals surface area contributed by atoms with Crippen LogP contribution in [-0.4, -0.2) is 60.1 Å². The summed E-state index contributed by atoms with van der Waals surface area (Å²) in [4.78, 5) is 15.9. The van der Waals surface area contributed by atoms with Gasteiger partial charge in [0, 0.05) is 19.6 Å². The molecule has 4 nitrogen and oxygen atoms in total. The number of aliphatic hydroxyl groups excluding tert-OH is 1. The third-order valence-corrected chi connectivity index (χ3v) is 3.14. The molecule has 0 aromatic heterocycles. The average molecular weight is 214 g/mol. The van der Waals surface area contributed by atoms with E-state index in [9.17, 15) is 4.79 Å². The van der Waals surface area contributed by atoms with Crippen LogP contribution in [0.1, 0.15) is 26.2 Å². The molecule has 0 radical (unpaired) electrons. The van der Waals surface area contributed by atoms with E-state index in [0.717, 1.165) is 25.9 Å². The van der Waals surface area contributed by atoms with Crippen molar-refractivity contribution in [2.75, 3.05) is 33.3 Å². The van der Waals surface area contributed by atoms with E-state index in [0.29, 0.717) is 6.54 Å². The fraction of sp³-hybridized carbons (Fsp3) is 0.909. The Morgan fingerprint density at radius 1 is 1.40 bits per heavy atom. The summed E-state index contributed by atoms with van der Waals surface area (Å²) in [5, 5.41) is 8.81. The minimum atomic E-state index is -0.116. The number of carbonyl (C=O) groups is 1. The van der Waals surface area contributed by atoms with Crippen molar-refractivity contribution in [3.8, 4) is 0 Å². The zero-order valence-corrected chi connectivity index (χ0v) is 9.78. The minimum absolute atomic E-state index is 0.105. The molecule has 0 aliphatic carbocycles. The standard InChI is InChI=1S/C11H22N2O2/c1-10(12(2)8-9-14)11(15)13-6-4-3-5-7-13/h10,14H,3-9H2,1-2H3. The number of amides is 1. The second-order valence-electron chi connectivity index (χ2n) is 4.27. The fourth-order valence-electron chi connectivity index (χ4n) is 1.92. The number of aliphatic hydroxyl groups is 1. The normalized spacial score (nSPS) is 19.3. The Kier molecular flexibility index (Phi) is 5.05. The Balaban J connectivity index is 2.43. The van der Waals surface area contributed by atoms with Gasteiger partial charge < -0.3 is 10.0 Å². The zero-order chi connectivity index (χ0) is 11.3. The highest BCUT2D eigenvalue weighted by Crippen LogP contribution is 2.11. The summed E-state index contributed by atoms with van der Waals surface area (Å²) in [6.07, 6.45) is 3.50. The summed E-state index contributed by atoms with van der Waals surface area (Å²) >= 11 is 0. The van der Waals surface area contributed by atoms with Crippen LogP contribution in [0.25, 0.3) is 0 Å². The molecular formula is C11H22N2O2. The van der Waals surface area contributed by atoms with Gasteiger partial charge in [-0.1, -0.05) is 0 Å². The fourth-order valence-corrected chi connectivity index (χ4v) is 1.92. The first-order valence-corrected chi connectivity index (χ1v) is 5.76. The second-order valence-corrected chi connectivity index (χ2v) is 4.27. The van der Waals surface area contributed by atoms with Crippen molar-refractivity contribution >= 4 is 5.91 Å². The molecule has 0 spiro atoms. The molecule has 1 fully saturated rings. The van der Waals surface area contributed by atoms with E-state index in [4.69, 9.17) is 5.11 Å². The molecule has 1 amide bonds. The zero-order valence-electron chi connectivity index (χ0n) is 9.78. The van der Waals surface area contributed by atoms with Gasteiger partial charge in [-0.05, 0) is 33.2 Å². The molecule has 88 valence electrons. The third kappa shape index (κ3) is 3.47. The maximum atomic E-state index is 12.0. The summed E-state index contributed by atoms with van der Waals surface area (Å²) in [5.41, 5.74) is 0. The SMILES string of the molecule is CC(C(=O)N1CCCCC1)N(C)CCO. The molecule has 4 heteroatoms. The van der Waals surface area contributed by atoms with E-state index in [1.807, 2.05) is 23.8 Å². The van der Waals surface area contributed by atoms with Crippen molar-refractivity contribution in [1.29, 1.82) is 0 Å². The van der Waals surface area contributed by atoms with Gasteiger partial charge in [-0.25, -0.2) is 0 Å². The molecular weight excluding hydrogens is 192 g/mol. The van der Waals surface area contributed by atoms with Crippen LogP contribution < -0.4 is 0 Å². The van der Waals surface area contributed by atoms with E-state index in [-0.39, 0.29) is 18.6 Å². The van der Waals surface area contributed by atoms with Gasteiger partial charge in [0.15, 0.2) is 0 Å². The van der Waals surface area contributed by atoms with Gasteiger partial charge in [0.2, 0.25) is 5.91 Å². The highest BCUT2D eigenvalue weighted by atomic mass is 16.3. The van der Waals surface area contributed by atoms with Crippen molar-refractivity contribution in [1.82, 2.24) is 9.80 Å². The molecule has 1 aliphatic rings. The number of nitrogens with zero attached hydrogens (tertiary/aromatic N) is 2. The predicted octanol–water partition coefficient (Wildman–Crippen LogP) is 0.311. The van der Waals surface area contributed by atoms with E-state index < -0.39 is 0 Å². The van der Waals surface area contributed by atoms with Gasteiger partial charge in [-0.2, -0.15) is 0 Å². The van der Waals surface area contributed by atoms with Gasteiger partial charge >= 0.3 is 0 Å². The smallest absolute Gasteiger partial charge is 0.239 e. The number of carbonyl (C=O) groups excluding carboxylic acids is 1. The predicted molar refractivity (Wildman–Crippen MR) is 59.6 cm³/mol. The summed E-state index contributed by atoms with van der Waals surface area (Å²) < 4.78 is 0. The number of hydrogen-bond acceptors (Lipinski definition) is 3. The van der Waals surface area contributed by atoms with Gasteiger partial charge in [0.25, 0.3) is 0 Å². The lowest BCUT2D eigenvalue weighted by Gasteiger charge is -2.32. The van der Waals surface area contributed by atoms with Crippen LogP contribution in [0.5, 0.6) is 0 Å². The molecule has 0 bridgehead atoms. The Morgan fingerprint density at radius 3 is 2.53 bits per heavy atom. The van der Waals surface area contributed by atoms with Crippen LogP contribution in [0.2, 0.25) is 0 Å². The van der Waals surface area contributed by atoms with Crippen LogP contribution >= 0.6 is 0 Å². The number of likely N-dealkylation sites (tertiary alicyclic amines) is 1. The lowest BCUT2D eigenvalue weighted by molar-refractivity contribution is -0.136. The first-order valence-electron chi connectivity index (χ1n) is 5.76. The van der Waals surface area contributed by atoms with Crippen molar-refractivity contribution in [3.63, 3.8) is 0 Å². The summed E-state index contributed by atoms with van der Waals surface area (Å²) in [5.74, 6) is 0.200. The second kappa shape index (κ2) is 6.08. The van der Waals surface area contributed by atoms with Gasteiger partial charge in [-0.3, -0.25) is 9.69 Å². The van der Waals surface area contributed by atoms with E-state index in [1.165, 1.54) is 6.42 Å². The maximum absolute atomic E-state index is 12.0. The monoisotopic (exact) mass is 214 g/mol. The number of piperidine rings is 1. The minimum Gasteiger partial charge on any atom is -0.395 e. The molecule has 1 saturated heterocycles. The van der Waals surface area contributed by atoms with Crippen molar-refractivity contribution in [3.05, 3.63) is 0 Å². The molecule has 0 aromatic carbocycles. The first-order chi connectivity index (χ1) is 7.16. The van der Waals surface area contributed by atoms with E-state index in [2.05, 4.69) is 0 Å². The van der Waals surface area contributed by atoms with Crippen LogP contribution in [0, 0.1) is 0 Å². The highest BCUT2D eigenvalue weighted by Gasteiger charge is 2.24. The van der Waals surface area contributed by atoms with Gasteiger partial charge in [0.05, 0.1) is 12.6 Å².